The van der Waals surface area contributed by atoms with Crippen molar-refractivity contribution in [1.82, 2.24) is 5.32 Å². The third kappa shape index (κ3) is 3.66. The van der Waals surface area contributed by atoms with Crippen LogP contribution >= 0.6 is 0 Å². The zero-order chi connectivity index (χ0) is 15.7. The third-order valence-corrected chi connectivity index (χ3v) is 5.98. The second-order valence-corrected chi connectivity index (χ2v) is 8.79. The van der Waals surface area contributed by atoms with Gasteiger partial charge in [0.25, 0.3) is 0 Å². The van der Waals surface area contributed by atoms with Crippen LogP contribution in [0.1, 0.15) is 52.4 Å². The number of aliphatic hydroxyl groups is 1. The van der Waals surface area contributed by atoms with Crippen LogP contribution < -0.4 is 5.32 Å². The summed E-state index contributed by atoms with van der Waals surface area (Å²) in [5.74, 6) is 0.937. The molecule has 4 fully saturated rings. The first-order valence-corrected chi connectivity index (χ1v) is 8.98. The van der Waals surface area contributed by atoms with Gasteiger partial charge in [-0.05, 0) is 55.3 Å². The van der Waals surface area contributed by atoms with Crippen LogP contribution in [0.4, 0.5) is 0 Å². The van der Waals surface area contributed by atoms with E-state index in [9.17, 15) is 0 Å². The van der Waals surface area contributed by atoms with Crippen LogP contribution in [-0.2, 0) is 9.47 Å². The van der Waals surface area contributed by atoms with Crippen molar-refractivity contribution in [2.24, 2.45) is 16.7 Å². The summed E-state index contributed by atoms with van der Waals surface area (Å²) in [5.41, 5.74) is 1.51. The smallest absolute Gasteiger partial charge is 0.0701 e. The van der Waals surface area contributed by atoms with Gasteiger partial charge in [0.2, 0.25) is 0 Å². The van der Waals surface area contributed by atoms with Crippen molar-refractivity contribution in [1.29, 1.82) is 0 Å². The summed E-state index contributed by atoms with van der Waals surface area (Å²) in [6.45, 7) is 8.41. The van der Waals surface area contributed by atoms with Gasteiger partial charge in [-0.25, -0.2) is 0 Å². The minimum absolute atomic E-state index is 0.0861. The number of hydrogen-bond donors (Lipinski definition) is 2. The SMILES string of the molecule is CC12CC3CC(C)(C1)CC(NCCOCCOCCO)(C3)C2. The van der Waals surface area contributed by atoms with E-state index in [1.54, 1.807) is 0 Å². The molecule has 4 heteroatoms. The molecule has 0 heterocycles. The summed E-state index contributed by atoms with van der Waals surface area (Å²) in [4.78, 5) is 0. The van der Waals surface area contributed by atoms with Gasteiger partial charge in [-0.3, -0.25) is 0 Å². The number of hydrogen-bond acceptors (Lipinski definition) is 4. The van der Waals surface area contributed by atoms with Crippen molar-refractivity contribution in [3.63, 3.8) is 0 Å². The average Bonchev–Trinajstić information content (AvgIpc) is 2.37. The molecule has 2 N–H and O–H groups in total. The van der Waals surface area contributed by atoms with Crippen molar-refractivity contribution < 1.29 is 14.6 Å². The second-order valence-electron chi connectivity index (χ2n) is 8.79. The van der Waals surface area contributed by atoms with Gasteiger partial charge in [-0.2, -0.15) is 0 Å². The second kappa shape index (κ2) is 6.39. The van der Waals surface area contributed by atoms with Gasteiger partial charge >= 0.3 is 0 Å². The number of nitrogens with one attached hydrogen (secondary N) is 1. The number of rotatable bonds is 9. The van der Waals surface area contributed by atoms with Crippen LogP contribution in [0.5, 0.6) is 0 Å². The van der Waals surface area contributed by atoms with Crippen LogP contribution in [0.15, 0.2) is 0 Å². The van der Waals surface area contributed by atoms with Crippen LogP contribution in [0.3, 0.4) is 0 Å². The summed E-state index contributed by atoms with van der Waals surface area (Å²) >= 11 is 0. The van der Waals surface area contributed by atoms with E-state index >= 15 is 0 Å². The fourth-order valence-corrected chi connectivity index (χ4v) is 6.42. The molecule has 22 heavy (non-hydrogen) atoms. The first-order chi connectivity index (χ1) is 10.5. The first-order valence-electron chi connectivity index (χ1n) is 8.98. The van der Waals surface area contributed by atoms with Crippen LogP contribution in [0.2, 0.25) is 0 Å². The standard InChI is InChI=1S/C18H33NO3/c1-16-9-15-10-17(2,12-16)14-18(11-15,13-16)19-3-5-21-7-8-22-6-4-20/h15,19-20H,3-14H2,1-2H3. The Morgan fingerprint density at radius 3 is 2.14 bits per heavy atom. The highest BCUT2D eigenvalue weighted by Gasteiger charge is 2.59. The van der Waals surface area contributed by atoms with E-state index in [0.717, 1.165) is 19.1 Å². The first kappa shape index (κ1) is 16.7. The lowest BCUT2D eigenvalue weighted by Crippen LogP contribution is -2.64. The lowest BCUT2D eigenvalue weighted by molar-refractivity contribution is -0.118. The molecule has 4 aliphatic carbocycles. The van der Waals surface area contributed by atoms with Gasteiger partial charge in [0, 0.05) is 12.1 Å². The van der Waals surface area contributed by atoms with Gasteiger partial charge in [0.15, 0.2) is 0 Å². The Hall–Kier alpha value is -0.160. The van der Waals surface area contributed by atoms with Gasteiger partial charge in [-0.15, -0.1) is 0 Å². The molecule has 0 spiro atoms. The molecular weight excluding hydrogens is 278 g/mol. The highest BCUT2D eigenvalue weighted by atomic mass is 16.5. The fraction of sp³-hybridized carbons (Fsp3) is 1.00. The van der Waals surface area contributed by atoms with Gasteiger partial charge < -0.3 is 19.9 Å². The van der Waals surface area contributed by atoms with Crippen molar-refractivity contribution in [2.75, 3.05) is 39.6 Å². The Labute approximate surface area is 134 Å². The predicted molar refractivity (Wildman–Crippen MR) is 86.9 cm³/mol. The zero-order valence-corrected chi connectivity index (χ0v) is 14.3. The van der Waals surface area contributed by atoms with Crippen molar-refractivity contribution in [3.05, 3.63) is 0 Å². The molecule has 2 atom stereocenters. The van der Waals surface area contributed by atoms with Gasteiger partial charge in [-0.1, -0.05) is 13.8 Å². The van der Waals surface area contributed by atoms with E-state index in [4.69, 9.17) is 14.6 Å². The lowest BCUT2D eigenvalue weighted by Gasteiger charge is -2.65. The van der Waals surface area contributed by atoms with E-state index in [2.05, 4.69) is 19.2 Å². The predicted octanol–water partition coefficient (Wildman–Crippen LogP) is 2.35. The quantitative estimate of drug-likeness (QED) is 0.642. The summed E-state index contributed by atoms with van der Waals surface area (Å²) in [5, 5.41) is 12.5. The molecule has 128 valence electrons. The molecule has 4 rings (SSSR count). The average molecular weight is 311 g/mol. The maximum atomic E-state index is 8.62. The number of ether oxygens (including phenoxy) is 2. The molecule has 0 aromatic heterocycles. The molecule has 0 saturated heterocycles. The minimum Gasteiger partial charge on any atom is -0.394 e. The molecule has 4 bridgehead atoms. The maximum Gasteiger partial charge on any atom is 0.0701 e. The Morgan fingerprint density at radius 2 is 1.55 bits per heavy atom. The highest BCUT2D eigenvalue weighted by Crippen LogP contribution is 2.66. The normalized spacial score (nSPS) is 43.0. The van der Waals surface area contributed by atoms with Crippen LogP contribution in [0.25, 0.3) is 0 Å². The topological polar surface area (TPSA) is 50.7 Å². The summed E-state index contributed by atoms with van der Waals surface area (Å²) in [6, 6.07) is 0. The lowest BCUT2D eigenvalue weighted by atomic mass is 9.43. The van der Waals surface area contributed by atoms with E-state index in [1.807, 2.05) is 0 Å². The Balaban J connectivity index is 1.41. The largest absolute Gasteiger partial charge is 0.394 e. The van der Waals surface area contributed by atoms with E-state index in [1.165, 1.54) is 38.5 Å². The van der Waals surface area contributed by atoms with Crippen molar-refractivity contribution in [2.45, 2.75) is 57.9 Å². The molecule has 0 aliphatic heterocycles. The van der Waals surface area contributed by atoms with E-state index in [0.29, 0.717) is 36.2 Å². The monoisotopic (exact) mass is 311 g/mol. The molecule has 0 radical (unpaired) electrons. The third-order valence-electron chi connectivity index (χ3n) is 5.98. The molecule has 4 nitrogen and oxygen atoms in total. The van der Waals surface area contributed by atoms with E-state index < -0.39 is 0 Å². The summed E-state index contributed by atoms with van der Waals surface area (Å²) in [6.07, 6.45) is 8.41. The Bertz CT molecular complexity index is 369. The molecule has 4 saturated carbocycles. The molecule has 4 aliphatic rings. The van der Waals surface area contributed by atoms with Crippen molar-refractivity contribution >= 4 is 0 Å². The van der Waals surface area contributed by atoms with Gasteiger partial charge in [0.05, 0.1) is 33.0 Å². The summed E-state index contributed by atoms with van der Waals surface area (Å²) in [7, 11) is 0. The Kier molecular flexibility index (Phi) is 4.84. The molecule has 0 aromatic rings. The maximum absolute atomic E-state index is 8.62. The van der Waals surface area contributed by atoms with E-state index in [-0.39, 0.29) is 6.61 Å². The van der Waals surface area contributed by atoms with Crippen molar-refractivity contribution in [3.8, 4) is 0 Å². The van der Waals surface area contributed by atoms with Crippen LogP contribution in [0, 0.1) is 16.7 Å². The highest BCUT2D eigenvalue weighted by molar-refractivity contribution is 5.14. The fourth-order valence-electron chi connectivity index (χ4n) is 6.42. The van der Waals surface area contributed by atoms with Gasteiger partial charge in [0.1, 0.15) is 0 Å². The minimum atomic E-state index is 0.0861. The Morgan fingerprint density at radius 1 is 0.909 bits per heavy atom. The molecule has 2 unspecified atom stereocenters. The molecule has 0 amide bonds. The zero-order valence-electron chi connectivity index (χ0n) is 14.3. The molecule has 0 aromatic carbocycles. The summed E-state index contributed by atoms with van der Waals surface area (Å²) < 4.78 is 10.8. The van der Waals surface area contributed by atoms with Crippen LogP contribution in [-0.4, -0.2) is 50.2 Å². The molecular formula is C18H33NO3. The number of aliphatic hydroxyl groups excluding tert-OH is 1.